The van der Waals surface area contributed by atoms with Crippen molar-refractivity contribution in [2.24, 2.45) is 0 Å². The van der Waals surface area contributed by atoms with Crippen LogP contribution in [-0.2, 0) is 4.74 Å². The second-order valence-corrected chi connectivity index (χ2v) is 2.42. The maximum absolute atomic E-state index is 12.1. The number of likely N-dealkylation sites (N-methyl/N-ethyl adjacent to an activating group) is 1. The molecule has 1 aliphatic rings. The lowest BCUT2D eigenvalue weighted by Gasteiger charge is -2.10. The molecule has 1 rings (SSSR count). The summed E-state index contributed by atoms with van der Waals surface area (Å²) < 4.78 is 17.3. The lowest BCUT2D eigenvalue weighted by Crippen LogP contribution is -2.21. The quantitative estimate of drug-likeness (QED) is 0.521. The van der Waals surface area contributed by atoms with Crippen molar-refractivity contribution < 1.29 is 9.22 Å². The van der Waals surface area contributed by atoms with Crippen LogP contribution in [0.3, 0.4) is 0 Å². The Kier molecular flexibility index (Phi) is 2.42. The number of hydrogen-bond acceptors (Lipinski definition) is 2. The van der Waals surface area contributed by atoms with Gasteiger partial charge in [0.2, 0.25) is 0 Å². The van der Waals surface area contributed by atoms with Gasteiger partial charge < -0.3 is 4.74 Å². The summed E-state index contributed by atoms with van der Waals surface area (Å²) in [5.41, 5.74) is 0. The first-order valence-corrected chi connectivity index (χ1v) is 3.27. The summed E-state index contributed by atoms with van der Waals surface area (Å²) in [4.78, 5) is 0. The monoisotopic (exact) mass is 133 g/mol. The van der Waals surface area contributed by atoms with Gasteiger partial charge >= 0.3 is 0 Å². The standard InChI is InChI=1S/C6H12FNO/c1-8(7)5-6-3-2-4-9-6/h6H,2-5H2,1H3. The van der Waals surface area contributed by atoms with E-state index in [1.807, 2.05) is 0 Å². The van der Waals surface area contributed by atoms with Crippen LogP contribution in [0.2, 0.25) is 0 Å². The van der Waals surface area contributed by atoms with Crippen molar-refractivity contribution in [3.8, 4) is 0 Å². The smallest absolute Gasteiger partial charge is 0.0728 e. The Morgan fingerprint density at radius 1 is 1.78 bits per heavy atom. The summed E-state index contributed by atoms with van der Waals surface area (Å²) in [6, 6.07) is 0. The molecule has 1 fully saturated rings. The molecule has 9 heavy (non-hydrogen) atoms. The third-order valence-electron chi connectivity index (χ3n) is 1.48. The molecule has 0 saturated carbocycles. The Bertz CT molecular complexity index is 81.1. The molecule has 0 N–H and O–H groups in total. The molecule has 0 bridgehead atoms. The maximum atomic E-state index is 12.1. The van der Waals surface area contributed by atoms with E-state index in [1.165, 1.54) is 7.05 Å². The van der Waals surface area contributed by atoms with E-state index in [2.05, 4.69) is 0 Å². The van der Waals surface area contributed by atoms with Crippen LogP contribution in [0.5, 0.6) is 0 Å². The predicted molar refractivity (Wildman–Crippen MR) is 32.7 cm³/mol. The molecule has 1 atom stereocenters. The van der Waals surface area contributed by atoms with Crippen LogP contribution < -0.4 is 0 Å². The normalized spacial score (nSPS) is 27.7. The summed E-state index contributed by atoms with van der Waals surface area (Å²) >= 11 is 0. The molecule has 0 amide bonds. The van der Waals surface area contributed by atoms with Crippen molar-refractivity contribution in [3.05, 3.63) is 0 Å². The van der Waals surface area contributed by atoms with E-state index < -0.39 is 0 Å². The first kappa shape index (κ1) is 6.96. The molecule has 2 nitrogen and oxygen atoms in total. The molecule has 1 heterocycles. The first-order valence-electron chi connectivity index (χ1n) is 3.27. The third-order valence-corrected chi connectivity index (χ3v) is 1.48. The van der Waals surface area contributed by atoms with Crippen molar-refractivity contribution in [1.29, 1.82) is 0 Å². The zero-order valence-electron chi connectivity index (χ0n) is 5.64. The van der Waals surface area contributed by atoms with E-state index in [0.29, 0.717) is 11.7 Å². The number of ether oxygens (including phenoxy) is 1. The molecule has 0 spiro atoms. The molecule has 3 heteroatoms. The molecule has 0 aromatic carbocycles. The minimum atomic E-state index is 0.139. The van der Waals surface area contributed by atoms with Gasteiger partial charge in [-0.3, -0.25) is 0 Å². The number of halogens is 1. The highest BCUT2D eigenvalue weighted by atomic mass is 19.2. The molecule has 1 saturated heterocycles. The lowest BCUT2D eigenvalue weighted by atomic mass is 10.2. The van der Waals surface area contributed by atoms with Crippen LogP contribution in [0.15, 0.2) is 0 Å². The number of hydrogen-bond donors (Lipinski definition) is 0. The van der Waals surface area contributed by atoms with Gasteiger partial charge in [-0.15, -0.1) is 9.60 Å². The Labute approximate surface area is 54.5 Å². The van der Waals surface area contributed by atoms with Gasteiger partial charge in [0.25, 0.3) is 0 Å². The van der Waals surface area contributed by atoms with Crippen LogP contribution in [0.25, 0.3) is 0 Å². The summed E-state index contributed by atoms with van der Waals surface area (Å²) in [6.07, 6.45) is 2.23. The van der Waals surface area contributed by atoms with Gasteiger partial charge in [-0.1, -0.05) is 0 Å². The van der Waals surface area contributed by atoms with Crippen LogP contribution >= 0.6 is 0 Å². The van der Waals surface area contributed by atoms with E-state index >= 15 is 0 Å². The van der Waals surface area contributed by atoms with Gasteiger partial charge in [-0.25, -0.2) is 0 Å². The summed E-state index contributed by atoms with van der Waals surface area (Å²) in [6.45, 7) is 1.22. The van der Waals surface area contributed by atoms with E-state index in [1.54, 1.807) is 0 Å². The first-order chi connectivity index (χ1) is 4.29. The van der Waals surface area contributed by atoms with Crippen molar-refractivity contribution in [2.75, 3.05) is 20.2 Å². The molecule has 0 aromatic heterocycles. The van der Waals surface area contributed by atoms with E-state index in [-0.39, 0.29) is 6.10 Å². The predicted octanol–water partition coefficient (Wildman–Crippen LogP) is 0.982. The molecular formula is C6H12FNO. The molecule has 1 unspecified atom stereocenters. The van der Waals surface area contributed by atoms with Gasteiger partial charge in [0.05, 0.1) is 12.6 Å². The second kappa shape index (κ2) is 3.13. The van der Waals surface area contributed by atoms with Gasteiger partial charge in [0.1, 0.15) is 0 Å². The minimum Gasteiger partial charge on any atom is -0.377 e. The molecule has 54 valence electrons. The zero-order valence-corrected chi connectivity index (χ0v) is 5.64. The van der Waals surface area contributed by atoms with Gasteiger partial charge in [-0.05, 0) is 12.8 Å². The van der Waals surface area contributed by atoms with E-state index in [9.17, 15) is 4.48 Å². The van der Waals surface area contributed by atoms with Crippen molar-refractivity contribution in [3.63, 3.8) is 0 Å². The Hall–Kier alpha value is -0.150. The largest absolute Gasteiger partial charge is 0.377 e. The van der Waals surface area contributed by atoms with E-state index in [0.717, 1.165) is 19.4 Å². The summed E-state index contributed by atoms with van der Waals surface area (Å²) in [5, 5.41) is 0.677. The number of rotatable bonds is 2. The molecule has 1 aliphatic heterocycles. The fourth-order valence-electron chi connectivity index (χ4n) is 1.07. The van der Waals surface area contributed by atoms with Crippen molar-refractivity contribution in [2.45, 2.75) is 18.9 Å². The average molecular weight is 133 g/mol. The van der Waals surface area contributed by atoms with Crippen molar-refractivity contribution >= 4 is 0 Å². The Morgan fingerprint density at radius 3 is 3.00 bits per heavy atom. The zero-order chi connectivity index (χ0) is 6.69. The highest BCUT2D eigenvalue weighted by Gasteiger charge is 2.16. The highest BCUT2D eigenvalue weighted by Crippen LogP contribution is 2.12. The Morgan fingerprint density at radius 2 is 2.56 bits per heavy atom. The van der Waals surface area contributed by atoms with Crippen molar-refractivity contribution in [1.82, 2.24) is 5.12 Å². The van der Waals surface area contributed by atoms with E-state index in [4.69, 9.17) is 4.74 Å². The highest BCUT2D eigenvalue weighted by molar-refractivity contribution is 4.65. The van der Waals surface area contributed by atoms with Crippen LogP contribution in [0.4, 0.5) is 4.48 Å². The number of nitrogens with zero attached hydrogens (tertiary/aromatic N) is 1. The van der Waals surface area contributed by atoms with Gasteiger partial charge in [0.15, 0.2) is 0 Å². The molecule has 0 aromatic rings. The fraction of sp³-hybridized carbons (Fsp3) is 1.00. The maximum Gasteiger partial charge on any atom is 0.0728 e. The molecule has 0 radical (unpaired) electrons. The molecular weight excluding hydrogens is 121 g/mol. The SMILES string of the molecule is CN(F)CC1CCCO1. The van der Waals surface area contributed by atoms with Crippen LogP contribution in [-0.4, -0.2) is 31.4 Å². The second-order valence-electron chi connectivity index (χ2n) is 2.42. The van der Waals surface area contributed by atoms with Crippen LogP contribution in [0.1, 0.15) is 12.8 Å². The molecule has 0 aliphatic carbocycles. The Balaban J connectivity index is 2.11. The fourth-order valence-corrected chi connectivity index (χ4v) is 1.07. The lowest BCUT2D eigenvalue weighted by molar-refractivity contribution is -0.00424. The summed E-state index contributed by atoms with van der Waals surface area (Å²) in [7, 11) is 1.42. The topological polar surface area (TPSA) is 12.5 Å². The average Bonchev–Trinajstić information content (AvgIpc) is 2.15. The van der Waals surface area contributed by atoms with Crippen LogP contribution in [0, 0.1) is 0 Å². The summed E-state index contributed by atoms with van der Waals surface area (Å²) in [5.74, 6) is 0. The third kappa shape index (κ3) is 2.28. The van der Waals surface area contributed by atoms with Gasteiger partial charge in [0, 0.05) is 13.7 Å². The minimum absolute atomic E-state index is 0.139. The van der Waals surface area contributed by atoms with Gasteiger partial charge in [-0.2, -0.15) is 0 Å².